The van der Waals surface area contributed by atoms with E-state index in [0.29, 0.717) is 11.7 Å². The first-order valence-electron chi connectivity index (χ1n) is 5.89. The maximum Gasteiger partial charge on any atom is 0.243 e. The van der Waals surface area contributed by atoms with E-state index in [1.54, 1.807) is 7.11 Å². The molecule has 1 rings (SSSR count). The van der Waals surface area contributed by atoms with Crippen molar-refractivity contribution in [1.82, 2.24) is 10.1 Å². The minimum absolute atomic E-state index is 0.0855. The average molecular weight is 241 g/mol. The summed E-state index contributed by atoms with van der Waals surface area (Å²) >= 11 is 0. The van der Waals surface area contributed by atoms with Crippen LogP contribution in [0.2, 0.25) is 0 Å². The predicted molar refractivity (Wildman–Crippen MR) is 65.3 cm³/mol. The van der Waals surface area contributed by atoms with E-state index >= 15 is 0 Å². The van der Waals surface area contributed by atoms with Crippen LogP contribution in [0, 0.1) is 11.3 Å². The Hall–Kier alpha value is -0.940. The van der Waals surface area contributed by atoms with Crippen molar-refractivity contribution in [3.8, 4) is 0 Å². The first-order chi connectivity index (χ1) is 7.77. The number of aromatic nitrogens is 2. The Labute approximate surface area is 103 Å². The van der Waals surface area contributed by atoms with Crippen molar-refractivity contribution < 1.29 is 9.26 Å². The molecule has 0 amide bonds. The van der Waals surface area contributed by atoms with Gasteiger partial charge in [-0.3, -0.25) is 0 Å². The van der Waals surface area contributed by atoms with Crippen molar-refractivity contribution in [1.29, 1.82) is 0 Å². The number of hydrogen-bond donors (Lipinski definition) is 1. The van der Waals surface area contributed by atoms with Crippen LogP contribution in [0.1, 0.15) is 58.5 Å². The van der Waals surface area contributed by atoms with Crippen LogP contribution >= 0.6 is 0 Å². The smallest absolute Gasteiger partial charge is 0.243 e. The lowest BCUT2D eigenvalue weighted by molar-refractivity contribution is 0.00718. The summed E-state index contributed by atoms with van der Waals surface area (Å²) in [5.74, 6) is 1.30. The molecule has 0 spiro atoms. The highest BCUT2D eigenvalue weighted by Gasteiger charge is 2.31. The molecule has 0 aliphatic heterocycles. The standard InChI is InChI=1S/C12H23N3O2/c1-7(2)8(13)11-14-10(15-17-11)9(16-6)12(3,4)5/h7-9H,13H2,1-6H3. The van der Waals surface area contributed by atoms with E-state index in [0.717, 1.165) is 0 Å². The molecule has 0 aromatic carbocycles. The second-order valence-corrected chi connectivity index (χ2v) is 5.74. The predicted octanol–water partition coefficient (Wildman–Crippen LogP) is 2.46. The Balaban J connectivity index is 2.94. The normalized spacial score (nSPS) is 16.2. The Bertz CT molecular complexity index is 355. The molecule has 0 radical (unpaired) electrons. The highest BCUT2D eigenvalue weighted by atomic mass is 16.5. The van der Waals surface area contributed by atoms with Gasteiger partial charge in [0.05, 0.1) is 6.04 Å². The maximum atomic E-state index is 5.96. The van der Waals surface area contributed by atoms with Gasteiger partial charge in [0, 0.05) is 7.11 Å². The molecule has 1 aromatic heterocycles. The topological polar surface area (TPSA) is 74.2 Å². The zero-order valence-corrected chi connectivity index (χ0v) is 11.5. The lowest BCUT2D eigenvalue weighted by Gasteiger charge is -2.26. The third-order valence-corrected chi connectivity index (χ3v) is 2.72. The summed E-state index contributed by atoms with van der Waals surface area (Å²) in [6.07, 6.45) is -0.195. The van der Waals surface area contributed by atoms with E-state index in [4.69, 9.17) is 15.0 Å². The molecule has 5 nitrogen and oxygen atoms in total. The lowest BCUT2D eigenvalue weighted by Crippen LogP contribution is -2.22. The molecule has 0 bridgehead atoms. The van der Waals surface area contributed by atoms with Gasteiger partial charge in [0.25, 0.3) is 0 Å². The second kappa shape index (κ2) is 5.14. The van der Waals surface area contributed by atoms with Crippen molar-refractivity contribution in [3.05, 3.63) is 11.7 Å². The summed E-state index contributed by atoms with van der Waals surface area (Å²) in [4.78, 5) is 4.34. The summed E-state index contributed by atoms with van der Waals surface area (Å²) in [6, 6.07) is -0.228. The zero-order valence-electron chi connectivity index (χ0n) is 11.5. The monoisotopic (exact) mass is 241 g/mol. The van der Waals surface area contributed by atoms with Gasteiger partial charge in [-0.1, -0.05) is 39.8 Å². The molecule has 0 fully saturated rings. The Morgan fingerprint density at radius 2 is 1.88 bits per heavy atom. The third-order valence-electron chi connectivity index (χ3n) is 2.72. The fourth-order valence-electron chi connectivity index (χ4n) is 1.62. The Morgan fingerprint density at radius 3 is 2.29 bits per heavy atom. The number of nitrogens with zero attached hydrogens (tertiary/aromatic N) is 2. The zero-order chi connectivity index (χ0) is 13.2. The average Bonchev–Trinajstić information content (AvgIpc) is 2.64. The number of ether oxygens (including phenoxy) is 1. The number of hydrogen-bond acceptors (Lipinski definition) is 5. The van der Waals surface area contributed by atoms with Gasteiger partial charge in [0.2, 0.25) is 11.7 Å². The van der Waals surface area contributed by atoms with E-state index < -0.39 is 0 Å². The molecule has 1 aromatic rings. The van der Waals surface area contributed by atoms with Gasteiger partial charge < -0.3 is 15.0 Å². The SMILES string of the molecule is COC(c1noc(C(N)C(C)C)n1)C(C)(C)C. The second-order valence-electron chi connectivity index (χ2n) is 5.74. The van der Waals surface area contributed by atoms with Gasteiger partial charge >= 0.3 is 0 Å². The van der Waals surface area contributed by atoms with Crippen LogP contribution in [0.3, 0.4) is 0 Å². The minimum Gasteiger partial charge on any atom is -0.373 e. The number of rotatable bonds is 4. The van der Waals surface area contributed by atoms with Crippen molar-refractivity contribution in [2.75, 3.05) is 7.11 Å². The van der Waals surface area contributed by atoms with Gasteiger partial charge in [-0.05, 0) is 11.3 Å². The molecule has 98 valence electrons. The minimum atomic E-state index is -0.228. The summed E-state index contributed by atoms with van der Waals surface area (Å²) in [5.41, 5.74) is 5.88. The summed E-state index contributed by atoms with van der Waals surface area (Å²) in [5, 5.41) is 3.97. The van der Waals surface area contributed by atoms with E-state index in [1.165, 1.54) is 0 Å². The largest absolute Gasteiger partial charge is 0.373 e. The van der Waals surface area contributed by atoms with Crippen LogP contribution in [-0.4, -0.2) is 17.3 Å². The first kappa shape index (κ1) is 14.1. The van der Waals surface area contributed by atoms with Gasteiger partial charge in [-0.25, -0.2) is 0 Å². The van der Waals surface area contributed by atoms with Gasteiger partial charge in [-0.15, -0.1) is 0 Å². The first-order valence-corrected chi connectivity index (χ1v) is 5.89. The van der Waals surface area contributed by atoms with Gasteiger partial charge in [-0.2, -0.15) is 4.98 Å². The summed E-state index contributed by atoms with van der Waals surface area (Å²) in [6.45, 7) is 10.2. The fourth-order valence-corrected chi connectivity index (χ4v) is 1.62. The molecule has 17 heavy (non-hydrogen) atoms. The van der Waals surface area contributed by atoms with E-state index in [1.807, 2.05) is 13.8 Å². The van der Waals surface area contributed by atoms with Gasteiger partial charge in [0.1, 0.15) is 6.10 Å². The summed E-state index contributed by atoms with van der Waals surface area (Å²) in [7, 11) is 1.65. The molecule has 0 aliphatic rings. The Morgan fingerprint density at radius 1 is 1.29 bits per heavy atom. The van der Waals surface area contributed by atoms with E-state index in [2.05, 4.69) is 30.9 Å². The molecule has 1 heterocycles. The highest BCUT2D eigenvalue weighted by molar-refractivity contribution is 4.99. The third kappa shape index (κ3) is 3.26. The molecule has 5 heteroatoms. The van der Waals surface area contributed by atoms with Crippen LogP contribution in [-0.2, 0) is 4.74 Å². The molecule has 0 aliphatic carbocycles. The molecular formula is C12H23N3O2. The van der Waals surface area contributed by atoms with Crippen molar-refractivity contribution >= 4 is 0 Å². The molecular weight excluding hydrogens is 218 g/mol. The van der Waals surface area contributed by atoms with E-state index in [-0.39, 0.29) is 23.5 Å². The maximum absolute atomic E-state index is 5.96. The summed E-state index contributed by atoms with van der Waals surface area (Å²) < 4.78 is 10.6. The quantitative estimate of drug-likeness (QED) is 0.876. The molecule has 0 saturated carbocycles. The van der Waals surface area contributed by atoms with Crippen LogP contribution in [0.25, 0.3) is 0 Å². The van der Waals surface area contributed by atoms with Crippen molar-refractivity contribution in [3.63, 3.8) is 0 Å². The Kier molecular flexibility index (Phi) is 4.27. The van der Waals surface area contributed by atoms with Crippen molar-refractivity contribution in [2.45, 2.75) is 46.8 Å². The number of nitrogens with two attached hydrogens (primary N) is 1. The molecule has 2 unspecified atom stereocenters. The van der Waals surface area contributed by atoms with E-state index in [9.17, 15) is 0 Å². The highest BCUT2D eigenvalue weighted by Crippen LogP contribution is 2.34. The van der Waals surface area contributed by atoms with Crippen LogP contribution in [0.15, 0.2) is 4.52 Å². The molecule has 0 saturated heterocycles. The molecule has 2 N–H and O–H groups in total. The van der Waals surface area contributed by atoms with Crippen molar-refractivity contribution in [2.24, 2.45) is 17.1 Å². The van der Waals surface area contributed by atoms with Crippen LogP contribution in [0.5, 0.6) is 0 Å². The van der Waals surface area contributed by atoms with Crippen LogP contribution in [0.4, 0.5) is 0 Å². The fraction of sp³-hybridized carbons (Fsp3) is 0.833. The van der Waals surface area contributed by atoms with Crippen LogP contribution < -0.4 is 5.73 Å². The molecule has 2 atom stereocenters. The lowest BCUT2D eigenvalue weighted by atomic mass is 9.88. The van der Waals surface area contributed by atoms with Gasteiger partial charge in [0.15, 0.2) is 0 Å². The number of methoxy groups -OCH3 is 1.